The maximum atomic E-state index is 13.1. The van der Waals surface area contributed by atoms with E-state index < -0.39 is 11.5 Å². The summed E-state index contributed by atoms with van der Waals surface area (Å²) in [7, 11) is 0. The molecule has 0 fully saturated rings. The molecule has 0 aromatic heterocycles. The van der Waals surface area contributed by atoms with E-state index in [0.29, 0.717) is 23.4 Å². The fourth-order valence-corrected chi connectivity index (χ4v) is 3.92. The Labute approximate surface area is 158 Å². The predicted octanol–water partition coefficient (Wildman–Crippen LogP) is 4.06. The van der Waals surface area contributed by atoms with Crippen LogP contribution in [0.5, 0.6) is 0 Å². The number of anilines is 1. The summed E-state index contributed by atoms with van der Waals surface area (Å²) in [6.45, 7) is 2.50. The minimum atomic E-state index is -1.82. The molecule has 0 saturated heterocycles. The van der Waals surface area contributed by atoms with Crippen LogP contribution in [-0.4, -0.2) is 23.3 Å². The van der Waals surface area contributed by atoms with E-state index in [1.807, 2.05) is 55.5 Å². The van der Waals surface area contributed by atoms with Crippen molar-refractivity contribution in [3.8, 4) is 0 Å². The third-order valence-corrected chi connectivity index (χ3v) is 5.19. The maximum Gasteiger partial charge on any atom is 0.264 e. The molecule has 3 aromatic carbocycles. The van der Waals surface area contributed by atoms with Gasteiger partial charge in [-0.25, -0.2) is 0 Å². The lowest BCUT2D eigenvalue weighted by Gasteiger charge is -2.22. The number of benzene rings is 3. The van der Waals surface area contributed by atoms with Gasteiger partial charge >= 0.3 is 0 Å². The largest absolute Gasteiger partial charge is 0.375 e. The van der Waals surface area contributed by atoms with Crippen molar-refractivity contribution in [1.29, 1.82) is 0 Å². The maximum absolute atomic E-state index is 13.1. The number of ketones is 1. The number of rotatable bonds is 5. The summed E-state index contributed by atoms with van der Waals surface area (Å²) in [4.78, 5) is 27.7. The number of carbonyl (C=O) groups is 2. The van der Waals surface area contributed by atoms with Crippen LogP contribution < -0.4 is 4.90 Å². The fourth-order valence-electron chi connectivity index (χ4n) is 3.92. The molecule has 27 heavy (non-hydrogen) atoms. The molecule has 136 valence electrons. The summed E-state index contributed by atoms with van der Waals surface area (Å²) in [5.41, 5.74) is -0.0878. The first-order valence-corrected chi connectivity index (χ1v) is 9.21. The lowest BCUT2D eigenvalue weighted by Crippen LogP contribution is -2.42. The Balaban J connectivity index is 1.75. The van der Waals surface area contributed by atoms with Gasteiger partial charge in [0, 0.05) is 17.7 Å². The molecule has 0 radical (unpaired) electrons. The van der Waals surface area contributed by atoms with Gasteiger partial charge in [-0.15, -0.1) is 0 Å². The lowest BCUT2D eigenvalue weighted by atomic mass is 9.87. The molecule has 1 aliphatic heterocycles. The van der Waals surface area contributed by atoms with Crippen molar-refractivity contribution in [3.05, 3.63) is 77.9 Å². The Morgan fingerprint density at radius 3 is 2.52 bits per heavy atom. The Bertz CT molecular complexity index is 1040. The number of para-hydroxylation sites is 1. The van der Waals surface area contributed by atoms with Gasteiger partial charge in [-0.05, 0) is 23.3 Å². The second-order valence-corrected chi connectivity index (χ2v) is 6.96. The first kappa shape index (κ1) is 17.4. The number of Topliss-reactive ketones (excluding diaryl/α,β-unsaturated/α-hetero) is 1. The van der Waals surface area contributed by atoms with E-state index in [9.17, 15) is 14.7 Å². The predicted molar refractivity (Wildman–Crippen MR) is 106 cm³/mol. The summed E-state index contributed by atoms with van der Waals surface area (Å²) in [5.74, 6) is -0.657. The van der Waals surface area contributed by atoms with Crippen LogP contribution >= 0.6 is 0 Å². The molecule has 1 amide bonds. The van der Waals surface area contributed by atoms with E-state index in [2.05, 4.69) is 0 Å². The standard InChI is InChI=1S/C23H21NO3/c1-2-14-24-20-13-6-5-12-19(20)23(27,22(24)26)15-21(25)18-11-7-9-16-8-3-4-10-17(16)18/h3-13,27H,2,14-15H2,1H3/t23-/m0/s1. The van der Waals surface area contributed by atoms with Gasteiger partial charge in [0.05, 0.1) is 12.1 Å². The van der Waals surface area contributed by atoms with Crippen LogP contribution in [0.1, 0.15) is 35.7 Å². The Morgan fingerprint density at radius 2 is 1.70 bits per heavy atom. The highest BCUT2D eigenvalue weighted by atomic mass is 16.3. The van der Waals surface area contributed by atoms with Crippen molar-refractivity contribution in [1.82, 2.24) is 0 Å². The first-order chi connectivity index (χ1) is 13.1. The molecule has 1 N–H and O–H groups in total. The monoisotopic (exact) mass is 359 g/mol. The second kappa shape index (κ2) is 6.63. The van der Waals surface area contributed by atoms with E-state index >= 15 is 0 Å². The Morgan fingerprint density at radius 1 is 1.00 bits per heavy atom. The van der Waals surface area contributed by atoms with Crippen molar-refractivity contribution in [2.75, 3.05) is 11.4 Å². The van der Waals surface area contributed by atoms with Crippen LogP contribution in [0.3, 0.4) is 0 Å². The number of hydrogen-bond donors (Lipinski definition) is 1. The molecule has 1 heterocycles. The van der Waals surface area contributed by atoms with Gasteiger partial charge in [0.15, 0.2) is 11.4 Å². The van der Waals surface area contributed by atoms with Crippen molar-refractivity contribution < 1.29 is 14.7 Å². The zero-order valence-electron chi connectivity index (χ0n) is 15.2. The van der Waals surface area contributed by atoms with Crippen molar-refractivity contribution in [2.45, 2.75) is 25.4 Å². The average molecular weight is 359 g/mol. The molecule has 0 spiro atoms. The normalized spacial score (nSPS) is 18.7. The third-order valence-electron chi connectivity index (χ3n) is 5.19. The summed E-state index contributed by atoms with van der Waals surface area (Å²) in [5, 5.41) is 13.1. The van der Waals surface area contributed by atoms with E-state index in [0.717, 1.165) is 17.2 Å². The number of aliphatic hydroxyl groups is 1. The van der Waals surface area contributed by atoms with Crippen LogP contribution in [0.15, 0.2) is 66.7 Å². The highest BCUT2D eigenvalue weighted by molar-refractivity contribution is 6.13. The van der Waals surface area contributed by atoms with Crippen LogP contribution in [0, 0.1) is 0 Å². The smallest absolute Gasteiger partial charge is 0.264 e. The minimum absolute atomic E-state index is 0.240. The summed E-state index contributed by atoms with van der Waals surface area (Å²) >= 11 is 0. The Kier molecular flexibility index (Phi) is 4.28. The van der Waals surface area contributed by atoms with Gasteiger partial charge in [-0.1, -0.05) is 67.6 Å². The molecule has 0 unspecified atom stereocenters. The molecular weight excluding hydrogens is 338 g/mol. The minimum Gasteiger partial charge on any atom is -0.375 e. The van der Waals surface area contributed by atoms with Crippen molar-refractivity contribution >= 4 is 28.2 Å². The molecule has 1 aliphatic rings. The zero-order valence-corrected chi connectivity index (χ0v) is 15.2. The van der Waals surface area contributed by atoms with Gasteiger partial charge in [-0.3, -0.25) is 9.59 Å². The van der Waals surface area contributed by atoms with Gasteiger partial charge in [0.2, 0.25) is 0 Å². The van der Waals surface area contributed by atoms with Crippen molar-refractivity contribution in [2.24, 2.45) is 0 Å². The summed E-state index contributed by atoms with van der Waals surface area (Å²) in [6.07, 6.45) is 0.504. The van der Waals surface area contributed by atoms with E-state index in [1.165, 1.54) is 0 Å². The SMILES string of the molecule is CCCN1C(=O)[C@](O)(CC(=O)c2cccc3ccccc23)c2ccccc21. The van der Waals surface area contributed by atoms with E-state index in [1.54, 1.807) is 23.1 Å². The van der Waals surface area contributed by atoms with Crippen LogP contribution in [-0.2, 0) is 10.4 Å². The van der Waals surface area contributed by atoms with Crippen LogP contribution in [0.4, 0.5) is 5.69 Å². The van der Waals surface area contributed by atoms with Gasteiger partial charge in [0.1, 0.15) is 0 Å². The molecule has 0 aliphatic carbocycles. The molecule has 4 nitrogen and oxygen atoms in total. The Hall–Kier alpha value is -2.98. The summed E-state index contributed by atoms with van der Waals surface area (Å²) in [6, 6.07) is 20.3. The molecule has 0 bridgehead atoms. The second-order valence-electron chi connectivity index (χ2n) is 6.96. The quantitative estimate of drug-likeness (QED) is 0.699. The molecule has 1 atom stereocenters. The molecule has 3 aromatic rings. The van der Waals surface area contributed by atoms with E-state index in [4.69, 9.17) is 0 Å². The van der Waals surface area contributed by atoms with Gasteiger partial charge in [-0.2, -0.15) is 0 Å². The lowest BCUT2D eigenvalue weighted by molar-refractivity contribution is -0.135. The van der Waals surface area contributed by atoms with Gasteiger partial charge in [0.25, 0.3) is 5.91 Å². The van der Waals surface area contributed by atoms with E-state index in [-0.39, 0.29) is 12.2 Å². The number of amides is 1. The number of hydrogen-bond acceptors (Lipinski definition) is 3. The zero-order chi connectivity index (χ0) is 19.0. The fraction of sp³-hybridized carbons (Fsp3) is 0.217. The number of fused-ring (bicyclic) bond motifs is 2. The molecule has 0 saturated carbocycles. The molecule has 4 rings (SSSR count). The molecular formula is C23H21NO3. The topological polar surface area (TPSA) is 57.6 Å². The highest BCUT2D eigenvalue weighted by Gasteiger charge is 2.50. The van der Waals surface area contributed by atoms with Crippen molar-refractivity contribution in [3.63, 3.8) is 0 Å². The third kappa shape index (κ3) is 2.73. The number of carbonyl (C=O) groups excluding carboxylic acids is 2. The highest BCUT2D eigenvalue weighted by Crippen LogP contribution is 2.43. The average Bonchev–Trinajstić information content (AvgIpc) is 2.90. The first-order valence-electron chi connectivity index (χ1n) is 9.21. The van der Waals surface area contributed by atoms with Gasteiger partial charge < -0.3 is 10.0 Å². The van der Waals surface area contributed by atoms with Crippen LogP contribution in [0.2, 0.25) is 0 Å². The molecule has 4 heteroatoms. The van der Waals surface area contributed by atoms with Crippen LogP contribution in [0.25, 0.3) is 10.8 Å². The summed E-state index contributed by atoms with van der Waals surface area (Å²) < 4.78 is 0. The number of nitrogens with zero attached hydrogens (tertiary/aromatic N) is 1.